The van der Waals surface area contributed by atoms with Gasteiger partial charge in [-0.25, -0.2) is 4.98 Å². The molecule has 1 amide bonds. The van der Waals surface area contributed by atoms with Crippen LogP contribution in [0.1, 0.15) is 26.8 Å². The molecule has 6 heteroatoms. The van der Waals surface area contributed by atoms with Crippen molar-refractivity contribution in [2.45, 2.75) is 20.3 Å². The number of hydrogen-bond donors (Lipinski definition) is 1. The van der Waals surface area contributed by atoms with Crippen molar-refractivity contribution < 1.29 is 4.79 Å². The molecule has 0 aliphatic carbocycles. The summed E-state index contributed by atoms with van der Waals surface area (Å²) in [6.45, 7) is 4.28. The third kappa shape index (κ3) is 3.24. The number of carbonyl (C=O) groups excluding carboxylic acids is 1. The molecule has 88 valence electrons. The SMILES string of the molecule is Cc1nc(C)c(C(=O)N(C)CCC(N)=S)s1. The maximum atomic E-state index is 12.0. The monoisotopic (exact) mass is 257 g/mol. The van der Waals surface area contributed by atoms with Crippen LogP contribution in [0.2, 0.25) is 0 Å². The number of nitrogens with zero attached hydrogens (tertiary/aromatic N) is 2. The number of amides is 1. The summed E-state index contributed by atoms with van der Waals surface area (Å²) in [5, 5.41) is 0.906. The zero-order chi connectivity index (χ0) is 12.3. The molecule has 1 heterocycles. The number of thiocarbonyl (C=S) groups is 1. The smallest absolute Gasteiger partial charge is 0.265 e. The molecule has 1 rings (SSSR count). The highest BCUT2D eigenvalue weighted by molar-refractivity contribution is 7.80. The molecular formula is C10H15N3OS2. The third-order valence-corrected chi connectivity index (χ3v) is 3.40. The molecule has 0 saturated heterocycles. The number of aromatic nitrogens is 1. The van der Waals surface area contributed by atoms with Gasteiger partial charge < -0.3 is 10.6 Å². The summed E-state index contributed by atoms with van der Waals surface area (Å²) in [6, 6.07) is 0. The first kappa shape index (κ1) is 13.1. The minimum Gasteiger partial charge on any atom is -0.393 e. The first-order valence-electron chi connectivity index (χ1n) is 4.89. The van der Waals surface area contributed by atoms with Crippen LogP contribution in [-0.4, -0.2) is 34.4 Å². The first-order valence-corrected chi connectivity index (χ1v) is 6.12. The minimum absolute atomic E-state index is 0.0145. The van der Waals surface area contributed by atoms with Crippen LogP contribution in [-0.2, 0) is 0 Å². The molecule has 2 N–H and O–H groups in total. The average molecular weight is 257 g/mol. The van der Waals surface area contributed by atoms with Gasteiger partial charge in [-0.05, 0) is 13.8 Å². The van der Waals surface area contributed by atoms with E-state index in [-0.39, 0.29) is 5.91 Å². The zero-order valence-electron chi connectivity index (χ0n) is 9.61. The van der Waals surface area contributed by atoms with Gasteiger partial charge in [0.05, 0.1) is 15.7 Å². The molecule has 16 heavy (non-hydrogen) atoms. The van der Waals surface area contributed by atoms with E-state index < -0.39 is 0 Å². The molecule has 0 atom stereocenters. The fourth-order valence-corrected chi connectivity index (χ4v) is 2.29. The molecule has 0 aliphatic rings. The number of thiazole rings is 1. The van der Waals surface area contributed by atoms with Crippen LogP contribution in [0.15, 0.2) is 0 Å². The van der Waals surface area contributed by atoms with Crippen molar-refractivity contribution in [3.05, 3.63) is 15.6 Å². The van der Waals surface area contributed by atoms with Crippen LogP contribution in [0, 0.1) is 13.8 Å². The minimum atomic E-state index is -0.0145. The van der Waals surface area contributed by atoms with E-state index >= 15 is 0 Å². The summed E-state index contributed by atoms with van der Waals surface area (Å²) in [4.78, 5) is 19.0. The summed E-state index contributed by atoms with van der Waals surface area (Å²) in [5.74, 6) is -0.0145. The van der Waals surface area contributed by atoms with E-state index in [2.05, 4.69) is 4.98 Å². The Kier molecular flexibility index (Phi) is 4.37. The second-order valence-corrected chi connectivity index (χ2v) is 5.32. The Bertz CT molecular complexity index is 414. The second kappa shape index (κ2) is 5.36. The Balaban J connectivity index is 2.70. The van der Waals surface area contributed by atoms with Gasteiger partial charge in [0.2, 0.25) is 0 Å². The van der Waals surface area contributed by atoms with Crippen LogP contribution >= 0.6 is 23.6 Å². The lowest BCUT2D eigenvalue weighted by molar-refractivity contribution is 0.0803. The highest BCUT2D eigenvalue weighted by Crippen LogP contribution is 2.18. The van der Waals surface area contributed by atoms with Crippen molar-refractivity contribution in [3.63, 3.8) is 0 Å². The Morgan fingerprint density at radius 2 is 2.19 bits per heavy atom. The van der Waals surface area contributed by atoms with E-state index in [4.69, 9.17) is 18.0 Å². The van der Waals surface area contributed by atoms with Crippen LogP contribution < -0.4 is 5.73 Å². The van der Waals surface area contributed by atoms with E-state index in [1.54, 1.807) is 11.9 Å². The normalized spacial score (nSPS) is 10.2. The molecule has 0 aliphatic heterocycles. The van der Waals surface area contributed by atoms with Crippen molar-refractivity contribution in [3.8, 4) is 0 Å². The second-order valence-electron chi connectivity index (χ2n) is 3.59. The predicted octanol–water partition coefficient (Wildman–Crippen LogP) is 1.51. The molecule has 1 aromatic heterocycles. The molecule has 1 aromatic rings. The van der Waals surface area contributed by atoms with Gasteiger partial charge in [-0.1, -0.05) is 12.2 Å². The van der Waals surface area contributed by atoms with Gasteiger partial charge in [-0.2, -0.15) is 0 Å². The maximum absolute atomic E-state index is 12.0. The van der Waals surface area contributed by atoms with E-state index in [1.807, 2.05) is 13.8 Å². The van der Waals surface area contributed by atoms with Crippen molar-refractivity contribution in [2.75, 3.05) is 13.6 Å². The molecular weight excluding hydrogens is 242 g/mol. The van der Waals surface area contributed by atoms with E-state index in [1.165, 1.54) is 11.3 Å². The van der Waals surface area contributed by atoms with Gasteiger partial charge in [0, 0.05) is 20.0 Å². The van der Waals surface area contributed by atoms with Crippen LogP contribution in [0.3, 0.4) is 0 Å². The van der Waals surface area contributed by atoms with Gasteiger partial charge in [-0.15, -0.1) is 11.3 Å². The fourth-order valence-electron chi connectivity index (χ4n) is 1.28. The third-order valence-electron chi connectivity index (χ3n) is 2.14. The van der Waals surface area contributed by atoms with Crippen LogP contribution in [0.5, 0.6) is 0 Å². The molecule has 0 bridgehead atoms. The molecule has 0 saturated carbocycles. The summed E-state index contributed by atoms with van der Waals surface area (Å²) >= 11 is 6.20. The number of aryl methyl sites for hydroxylation is 2. The highest BCUT2D eigenvalue weighted by Gasteiger charge is 2.17. The molecule has 0 fully saturated rings. The molecule has 0 spiro atoms. The van der Waals surface area contributed by atoms with E-state index in [9.17, 15) is 4.79 Å². The van der Waals surface area contributed by atoms with Gasteiger partial charge >= 0.3 is 0 Å². The van der Waals surface area contributed by atoms with E-state index in [0.29, 0.717) is 22.8 Å². The summed E-state index contributed by atoms with van der Waals surface area (Å²) in [7, 11) is 1.75. The maximum Gasteiger partial charge on any atom is 0.265 e. The number of hydrogen-bond acceptors (Lipinski definition) is 4. The molecule has 0 unspecified atom stereocenters. The number of carbonyl (C=O) groups is 1. The summed E-state index contributed by atoms with van der Waals surface area (Å²) in [6.07, 6.45) is 0.550. The lowest BCUT2D eigenvalue weighted by Crippen LogP contribution is -2.29. The predicted molar refractivity (Wildman–Crippen MR) is 70.0 cm³/mol. The van der Waals surface area contributed by atoms with Crippen LogP contribution in [0.4, 0.5) is 0 Å². The van der Waals surface area contributed by atoms with Gasteiger partial charge in [-0.3, -0.25) is 4.79 Å². The number of nitrogens with two attached hydrogens (primary N) is 1. The fraction of sp³-hybridized carbons (Fsp3) is 0.500. The van der Waals surface area contributed by atoms with Crippen molar-refractivity contribution in [2.24, 2.45) is 5.73 Å². The Morgan fingerprint density at radius 3 is 2.62 bits per heavy atom. The van der Waals surface area contributed by atoms with Crippen molar-refractivity contribution in [1.82, 2.24) is 9.88 Å². The average Bonchev–Trinajstić information content (AvgIpc) is 2.53. The first-order chi connectivity index (χ1) is 7.41. The lowest BCUT2D eigenvalue weighted by Gasteiger charge is -2.15. The Labute approximate surface area is 104 Å². The lowest BCUT2D eigenvalue weighted by atomic mass is 10.3. The summed E-state index contributed by atoms with van der Waals surface area (Å²) in [5.41, 5.74) is 6.18. The highest BCUT2D eigenvalue weighted by atomic mass is 32.1. The molecule has 0 radical (unpaired) electrons. The molecule has 4 nitrogen and oxygen atoms in total. The quantitative estimate of drug-likeness (QED) is 0.831. The van der Waals surface area contributed by atoms with Gasteiger partial charge in [0.1, 0.15) is 4.88 Å². The largest absolute Gasteiger partial charge is 0.393 e. The number of rotatable bonds is 4. The van der Waals surface area contributed by atoms with Gasteiger partial charge in [0.25, 0.3) is 5.91 Å². The Morgan fingerprint density at radius 1 is 1.56 bits per heavy atom. The Hall–Kier alpha value is -1.01. The summed E-state index contributed by atoms with van der Waals surface area (Å²) < 4.78 is 0. The van der Waals surface area contributed by atoms with E-state index in [0.717, 1.165) is 10.7 Å². The molecule has 0 aromatic carbocycles. The van der Waals surface area contributed by atoms with Crippen molar-refractivity contribution >= 4 is 34.5 Å². The zero-order valence-corrected chi connectivity index (χ0v) is 11.2. The topological polar surface area (TPSA) is 59.2 Å². The van der Waals surface area contributed by atoms with Crippen LogP contribution in [0.25, 0.3) is 0 Å². The van der Waals surface area contributed by atoms with Gasteiger partial charge in [0.15, 0.2) is 0 Å². The standard InChI is InChI=1S/C10H15N3OS2/c1-6-9(16-7(2)12-6)10(14)13(3)5-4-8(11)15/h4-5H2,1-3H3,(H2,11,15). The van der Waals surface area contributed by atoms with Crippen molar-refractivity contribution in [1.29, 1.82) is 0 Å².